The molecule has 3 rings (SSSR count). The van der Waals surface area contributed by atoms with Crippen molar-refractivity contribution in [3.63, 3.8) is 0 Å². The van der Waals surface area contributed by atoms with Crippen LogP contribution >= 0.6 is 0 Å². The van der Waals surface area contributed by atoms with E-state index in [1.165, 1.54) is 28.4 Å². The molecule has 0 unspecified atom stereocenters. The van der Waals surface area contributed by atoms with Gasteiger partial charge >= 0.3 is 0 Å². The van der Waals surface area contributed by atoms with Crippen molar-refractivity contribution in [2.24, 2.45) is 0 Å². The molecule has 30 heavy (non-hydrogen) atoms. The lowest BCUT2D eigenvalue weighted by Crippen LogP contribution is -2.57. The summed E-state index contributed by atoms with van der Waals surface area (Å²) in [6.07, 6.45) is -0.442. The van der Waals surface area contributed by atoms with Crippen molar-refractivity contribution in [3.8, 4) is 5.75 Å². The molecule has 2 aliphatic heterocycles. The Morgan fingerprint density at radius 1 is 1.23 bits per heavy atom. The SMILES string of the molecule is COc1ccc(S(=O)(=O)N2C[C@H](O)COC[C@H]3O[C@H](CC(=O)N(C)C)CC[C@@H]32)cc1. The third-order valence-corrected chi connectivity index (χ3v) is 7.41. The average Bonchev–Trinajstić information content (AvgIpc) is 2.71. The molecule has 2 heterocycles. The Hall–Kier alpha value is -1.72. The maximum absolute atomic E-state index is 13.4. The molecule has 2 saturated heterocycles. The monoisotopic (exact) mass is 442 g/mol. The maximum Gasteiger partial charge on any atom is 0.243 e. The van der Waals surface area contributed by atoms with Crippen LogP contribution in [0.15, 0.2) is 29.2 Å². The molecule has 1 N–H and O–H groups in total. The van der Waals surface area contributed by atoms with Crippen LogP contribution in [0.25, 0.3) is 0 Å². The van der Waals surface area contributed by atoms with Gasteiger partial charge < -0.3 is 24.2 Å². The van der Waals surface area contributed by atoms with Crippen molar-refractivity contribution in [2.75, 3.05) is 41.0 Å². The predicted molar refractivity (Wildman–Crippen MR) is 109 cm³/mol. The number of benzene rings is 1. The number of sulfonamides is 1. The Balaban J connectivity index is 1.84. The number of β-amino-alcohol motifs (C(OH)–C–C–N with tert-alkyl or cyclic N) is 1. The first-order chi connectivity index (χ1) is 14.2. The smallest absolute Gasteiger partial charge is 0.243 e. The van der Waals surface area contributed by atoms with Crippen LogP contribution in [0.5, 0.6) is 5.75 Å². The van der Waals surface area contributed by atoms with Gasteiger partial charge in [0.15, 0.2) is 0 Å². The van der Waals surface area contributed by atoms with Crippen molar-refractivity contribution in [1.82, 2.24) is 9.21 Å². The fourth-order valence-electron chi connectivity index (χ4n) is 3.83. The molecule has 2 aliphatic rings. The molecule has 1 aromatic carbocycles. The Morgan fingerprint density at radius 3 is 2.57 bits per heavy atom. The number of carbonyl (C=O) groups excluding carboxylic acids is 1. The van der Waals surface area contributed by atoms with Crippen molar-refractivity contribution >= 4 is 15.9 Å². The fraction of sp³-hybridized carbons (Fsp3) is 0.650. The lowest BCUT2D eigenvalue weighted by atomic mass is 9.96. The van der Waals surface area contributed by atoms with Gasteiger partial charge in [-0.25, -0.2) is 8.42 Å². The highest BCUT2D eigenvalue weighted by molar-refractivity contribution is 7.89. The number of aliphatic hydroxyl groups is 1. The zero-order valence-electron chi connectivity index (χ0n) is 17.6. The second-order valence-corrected chi connectivity index (χ2v) is 9.77. The van der Waals surface area contributed by atoms with E-state index in [2.05, 4.69) is 0 Å². The number of amides is 1. The number of ether oxygens (including phenoxy) is 3. The van der Waals surface area contributed by atoms with Crippen LogP contribution in [-0.4, -0.2) is 94.0 Å². The van der Waals surface area contributed by atoms with E-state index in [1.54, 1.807) is 26.2 Å². The number of hydrogen-bond donors (Lipinski definition) is 1. The molecule has 168 valence electrons. The maximum atomic E-state index is 13.4. The van der Waals surface area contributed by atoms with Crippen molar-refractivity contribution < 1.29 is 32.5 Å². The minimum Gasteiger partial charge on any atom is -0.497 e. The summed E-state index contributed by atoms with van der Waals surface area (Å²) < 4.78 is 44.9. The van der Waals surface area contributed by atoms with Crippen LogP contribution < -0.4 is 4.74 Å². The summed E-state index contributed by atoms with van der Waals surface area (Å²) in [6, 6.07) is 5.68. The second kappa shape index (κ2) is 9.61. The highest BCUT2D eigenvalue weighted by atomic mass is 32.2. The molecule has 0 bridgehead atoms. The van der Waals surface area contributed by atoms with E-state index in [4.69, 9.17) is 14.2 Å². The number of methoxy groups -OCH3 is 1. The first-order valence-corrected chi connectivity index (χ1v) is 11.4. The number of nitrogens with zero attached hydrogens (tertiary/aromatic N) is 2. The van der Waals surface area contributed by atoms with Crippen LogP contribution in [0.1, 0.15) is 19.3 Å². The third kappa shape index (κ3) is 5.12. The van der Waals surface area contributed by atoms with Gasteiger partial charge in [0.2, 0.25) is 15.9 Å². The number of carbonyl (C=O) groups is 1. The first kappa shape index (κ1) is 23.0. The van der Waals surface area contributed by atoms with Gasteiger partial charge in [0.1, 0.15) is 5.75 Å². The Kier molecular flexibility index (Phi) is 7.35. The van der Waals surface area contributed by atoms with E-state index < -0.39 is 28.3 Å². The van der Waals surface area contributed by atoms with Crippen LogP contribution in [0.4, 0.5) is 0 Å². The Labute approximate surface area is 177 Å². The van der Waals surface area contributed by atoms with E-state index in [0.717, 1.165) is 0 Å². The van der Waals surface area contributed by atoms with Gasteiger partial charge in [-0.1, -0.05) is 0 Å². The number of aliphatic hydroxyl groups excluding tert-OH is 1. The number of rotatable bonds is 5. The van der Waals surface area contributed by atoms with E-state index in [-0.39, 0.29) is 43.1 Å². The van der Waals surface area contributed by atoms with E-state index in [1.807, 2.05) is 0 Å². The fourth-order valence-corrected chi connectivity index (χ4v) is 5.55. The summed E-state index contributed by atoms with van der Waals surface area (Å²) >= 11 is 0. The molecule has 4 atom stereocenters. The van der Waals surface area contributed by atoms with Crippen molar-refractivity contribution in [2.45, 2.75) is 48.5 Å². The quantitative estimate of drug-likeness (QED) is 0.707. The van der Waals surface area contributed by atoms with E-state index >= 15 is 0 Å². The summed E-state index contributed by atoms with van der Waals surface area (Å²) in [5, 5.41) is 10.3. The molecule has 0 saturated carbocycles. The highest BCUT2D eigenvalue weighted by Gasteiger charge is 2.43. The molecule has 1 aromatic rings. The molecule has 0 radical (unpaired) electrons. The van der Waals surface area contributed by atoms with E-state index in [9.17, 15) is 18.3 Å². The lowest BCUT2D eigenvalue weighted by molar-refractivity contribution is -0.150. The zero-order valence-corrected chi connectivity index (χ0v) is 18.4. The van der Waals surface area contributed by atoms with Crippen molar-refractivity contribution in [1.29, 1.82) is 0 Å². The zero-order chi connectivity index (χ0) is 21.9. The van der Waals surface area contributed by atoms with E-state index in [0.29, 0.717) is 18.6 Å². The van der Waals surface area contributed by atoms with Gasteiger partial charge in [-0.2, -0.15) is 4.31 Å². The third-order valence-electron chi connectivity index (χ3n) is 5.50. The summed E-state index contributed by atoms with van der Waals surface area (Å²) in [7, 11) is 1.02. The topological polar surface area (TPSA) is 106 Å². The lowest BCUT2D eigenvalue weighted by Gasteiger charge is -2.43. The molecule has 0 aromatic heterocycles. The summed E-state index contributed by atoms with van der Waals surface area (Å²) in [5.41, 5.74) is 0. The Bertz CT molecular complexity index is 828. The Morgan fingerprint density at radius 2 is 1.93 bits per heavy atom. The molecule has 0 spiro atoms. The van der Waals surface area contributed by atoms with Crippen LogP contribution in [-0.2, 0) is 24.3 Å². The van der Waals surface area contributed by atoms with Gasteiger partial charge in [0.25, 0.3) is 0 Å². The standard InChI is InChI=1S/C20H30N2O7S/c1-21(2)20(24)10-16-6-9-18-19(29-16)13-28-12-14(23)11-22(18)30(25,26)17-7-4-15(27-3)5-8-17/h4-5,7-8,14,16,18-19,23H,6,9-13H2,1-3H3/t14-,16-,18-,19+/m0/s1. The van der Waals surface area contributed by atoms with Crippen molar-refractivity contribution in [3.05, 3.63) is 24.3 Å². The van der Waals surface area contributed by atoms with Gasteiger partial charge in [0.05, 0.1) is 56.0 Å². The molecule has 9 nitrogen and oxygen atoms in total. The second-order valence-electron chi connectivity index (χ2n) is 7.88. The summed E-state index contributed by atoms with van der Waals surface area (Å²) in [4.78, 5) is 13.7. The summed E-state index contributed by atoms with van der Waals surface area (Å²) in [5.74, 6) is 0.519. The van der Waals surface area contributed by atoms with Gasteiger partial charge in [-0.05, 0) is 37.1 Å². The van der Waals surface area contributed by atoms with Crippen LogP contribution in [0.3, 0.4) is 0 Å². The molecule has 10 heteroatoms. The van der Waals surface area contributed by atoms with Gasteiger partial charge in [-0.3, -0.25) is 4.79 Å². The average molecular weight is 443 g/mol. The largest absolute Gasteiger partial charge is 0.497 e. The predicted octanol–water partition coefficient (Wildman–Crippen LogP) is 0.472. The first-order valence-electron chi connectivity index (χ1n) is 9.99. The highest BCUT2D eigenvalue weighted by Crippen LogP contribution is 2.32. The van der Waals surface area contributed by atoms with Gasteiger partial charge in [0, 0.05) is 20.6 Å². The molecular formula is C20H30N2O7S. The molecule has 1 amide bonds. The van der Waals surface area contributed by atoms with Crippen LogP contribution in [0.2, 0.25) is 0 Å². The minimum atomic E-state index is -3.88. The number of fused-ring (bicyclic) bond motifs is 1. The molecule has 0 aliphatic carbocycles. The van der Waals surface area contributed by atoms with Crippen LogP contribution in [0, 0.1) is 0 Å². The normalized spacial score (nSPS) is 28.1. The minimum absolute atomic E-state index is 0.0164. The van der Waals surface area contributed by atoms with Gasteiger partial charge in [-0.15, -0.1) is 0 Å². The number of hydrogen-bond acceptors (Lipinski definition) is 7. The molecule has 2 fully saturated rings. The molecular weight excluding hydrogens is 412 g/mol. The summed E-state index contributed by atoms with van der Waals surface area (Å²) in [6.45, 7) is 0.0890.